The van der Waals surface area contributed by atoms with Crippen LogP contribution in [0.4, 0.5) is 10.8 Å². The molecule has 1 unspecified atom stereocenters. The molecule has 3 aromatic rings. The number of carbonyl (C=O) groups is 1. The first kappa shape index (κ1) is 19.0. The largest absolute Gasteiger partial charge is 0.357 e. The number of aryl methyl sites for hydroxylation is 2. The number of benzene rings is 2. The van der Waals surface area contributed by atoms with Gasteiger partial charge < -0.3 is 10.6 Å². The number of rotatable bonds is 7. The molecule has 1 atom stereocenters. The molecule has 28 heavy (non-hydrogen) atoms. The van der Waals surface area contributed by atoms with E-state index in [-0.39, 0.29) is 5.91 Å². The van der Waals surface area contributed by atoms with Crippen molar-refractivity contribution in [3.8, 4) is 0 Å². The molecule has 1 saturated carbocycles. The standard InChI is InChI=1S/C21H22N4OS2/c1-13-8-9-14(2)17(12-13)23-19(26)18(15-6-4-3-5-7-15)27-21-25-24-20(28-21)22-16-10-11-16/h3-9,12,16,18H,10-11H2,1-2H3,(H,22,24)(H,23,26). The van der Waals surface area contributed by atoms with Gasteiger partial charge >= 0.3 is 0 Å². The Labute approximate surface area is 173 Å². The van der Waals surface area contributed by atoms with Gasteiger partial charge in [0.25, 0.3) is 0 Å². The van der Waals surface area contributed by atoms with E-state index in [0.717, 1.165) is 31.8 Å². The number of thioether (sulfide) groups is 1. The molecule has 1 aromatic heterocycles. The zero-order chi connectivity index (χ0) is 19.5. The van der Waals surface area contributed by atoms with Crippen LogP contribution in [-0.4, -0.2) is 22.1 Å². The van der Waals surface area contributed by atoms with Gasteiger partial charge in [0.2, 0.25) is 11.0 Å². The summed E-state index contributed by atoms with van der Waals surface area (Å²) >= 11 is 2.94. The summed E-state index contributed by atoms with van der Waals surface area (Å²) in [6.07, 6.45) is 2.37. The molecule has 1 heterocycles. The van der Waals surface area contributed by atoms with Gasteiger partial charge in [-0.3, -0.25) is 4.79 Å². The van der Waals surface area contributed by atoms with Crippen molar-refractivity contribution in [2.45, 2.75) is 42.3 Å². The number of amides is 1. The summed E-state index contributed by atoms with van der Waals surface area (Å²) in [6, 6.07) is 16.4. The molecule has 2 N–H and O–H groups in total. The highest BCUT2D eigenvalue weighted by Crippen LogP contribution is 2.39. The van der Waals surface area contributed by atoms with Gasteiger partial charge in [-0.2, -0.15) is 0 Å². The van der Waals surface area contributed by atoms with E-state index in [1.54, 1.807) is 0 Å². The summed E-state index contributed by atoms with van der Waals surface area (Å²) in [5.74, 6) is -0.0585. The summed E-state index contributed by atoms with van der Waals surface area (Å²) in [7, 11) is 0. The molecule has 0 spiro atoms. The van der Waals surface area contributed by atoms with E-state index in [1.807, 2.05) is 62.4 Å². The van der Waals surface area contributed by atoms with E-state index in [4.69, 9.17) is 0 Å². The number of nitrogens with zero attached hydrogens (tertiary/aromatic N) is 2. The lowest BCUT2D eigenvalue weighted by Crippen LogP contribution is -2.19. The van der Waals surface area contributed by atoms with Gasteiger partial charge in [0, 0.05) is 11.7 Å². The molecule has 1 fully saturated rings. The SMILES string of the molecule is Cc1ccc(C)c(NC(=O)C(Sc2nnc(NC3CC3)s2)c2ccccc2)c1. The molecule has 4 rings (SSSR count). The molecular formula is C21H22N4OS2. The van der Waals surface area contributed by atoms with Crippen LogP contribution >= 0.6 is 23.1 Å². The van der Waals surface area contributed by atoms with Crippen molar-refractivity contribution in [1.29, 1.82) is 0 Å². The van der Waals surface area contributed by atoms with Gasteiger partial charge in [-0.25, -0.2) is 0 Å². The molecule has 2 aromatic carbocycles. The maximum absolute atomic E-state index is 13.2. The molecule has 0 radical (unpaired) electrons. The minimum Gasteiger partial charge on any atom is -0.357 e. The predicted octanol–water partition coefficient (Wildman–Crippen LogP) is 5.20. The molecule has 1 aliphatic carbocycles. The fraction of sp³-hybridized carbons (Fsp3) is 0.286. The first-order chi connectivity index (χ1) is 13.6. The number of aromatic nitrogens is 2. The third-order valence-electron chi connectivity index (χ3n) is 4.52. The van der Waals surface area contributed by atoms with Gasteiger partial charge in [0.1, 0.15) is 5.25 Å². The molecule has 5 nitrogen and oxygen atoms in total. The van der Waals surface area contributed by atoms with E-state index < -0.39 is 5.25 Å². The Morgan fingerprint density at radius 2 is 1.93 bits per heavy atom. The van der Waals surface area contributed by atoms with Crippen LogP contribution < -0.4 is 10.6 Å². The summed E-state index contributed by atoms with van der Waals surface area (Å²) in [6.45, 7) is 4.02. The molecule has 144 valence electrons. The average Bonchev–Trinajstić information content (AvgIpc) is 3.40. The topological polar surface area (TPSA) is 66.9 Å². The third kappa shape index (κ3) is 4.72. The number of carbonyl (C=O) groups excluding carboxylic acids is 1. The van der Waals surface area contributed by atoms with E-state index in [9.17, 15) is 4.79 Å². The van der Waals surface area contributed by atoms with Crippen molar-refractivity contribution in [3.63, 3.8) is 0 Å². The Hall–Kier alpha value is -2.38. The van der Waals surface area contributed by atoms with Crippen molar-refractivity contribution >= 4 is 39.8 Å². The van der Waals surface area contributed by atoms with Gasteiger partial charge in [-0.1, -0.05) is 65.6 Å². The quantitative estimate of drug-likeness (QED) is 0.524. The van der Waals surface area contributed by atoms with Crippen molar-refractivity contribution in [2.24, 2.45) is 0 Å². The van der Waals surface area contributed by atoms with Crippen LogP contribution in [0.1, 0.15) is 34.8 Å². The fourth-order valence-corrected chi connectivity index (χ4v) is 4.81. The summed E-state index contributed by atoms with van der Waals surface area (Å²) in [4.78, 5) is 13.2. The lowest BCUT2D eigenvalue weighted by Gasteiger charge is -2.17. The lowest BCUT2D eigenvalue weighted by atomic mass is 10.1. The Morgan fingerprint density at radius 1 is 1.14 bits per heavy atom. The first-order valence-corrected chi connectivity index (χ1v) is 11.0. The summed E-state index contributed by atoms with van der Waals surface area (Å²) < 4.78 is 0.785. The van der Waals surface area contributed by atoms with Crippen LogP contribution in [-0.2, 0) is 4.79 Å². The van der Waals surface area contributed by atoms with Crippen molar-refractivity contribution in [1.82, 2.24) is 10.2 Å². The second kappa shape index (κ2) is 8.32. The molecule has 1 aliphatic rings. The van der Waals surface area contributed by atoms with Crippen molar-refractivity contribution in [3.05, 3.63) is 65.2 Å². The Bertz CT molecular complexity index is 970. The van der Waals surface area contributed by atoms with Crippen LogP contribution in [0.2, 0.25) is 0 Å². The number of hydrogen-bond donors (Lipinski definition) is 2. The van der Waals surface area contributed by atoms with Crippen LogP contribution in [0, 0.1) is 13.8 Å². The highest BCUT2D eigenvalue weighted by Gasteiger charge is 2.26. The van der Waals surface area contributed by atoms with Gasteiger partial charge in [-0.15, -0.1) is 10.2 Å². The second-order valence-corrected chi connectivity index (χ2v) is 9.34. The highest BCUT2D eigenvalue weighted by molar-refractivity contribution is 8.02. The maximum atomic E-state index is 13.2. The smallest absolute Gasteiger partial charge is 0.242 e. The van der Waals surface area contributed by atoms with Crippen LogP contribution in [0.25, 0.3) is 0 Å². The number of nitrogens with one attached hydrogen (secondary N) is 2. The first-order valence-electron chi connectivity index (χ1n) is 9.28. The fourth-order valence-electron chi connectivity index (χ4n) is 2.79. The van der Waals surface area contributed by atoms with Crippen LogP contribution in [0.3, 0.4) is 0 Å². The Balaban J connectivity index is 1.55. The lowest BCUT2D eigenvalue weighted by molar-refractivity contribution is -0.115. The number of anilines is 2. The summed E-state index contributed by atoms with van der Waals surface area (Å²) in [5.41, 5.74) is 3.95. The van der Waals surface area contributed by atoms with E-state index >= 15 is 0 Å². The zero-order valence-electron chi connectivity index (χ0n) is 15.8. The molecule has 7 heteroatoms. The molecule has 0 saturated heterocycles. The van der Waals surface area contributed by atoms with Gasteiger partial charge in [0.15, 0.2) is 4.34 Å². The second-order valence-electron chi connectivity index (χ2n) is 7.01. The molecule has 0 bridgehead atoms. The molecule has 1 amide bonds. The van der Waals surface area contributed by atoms with E-state index in [1.165, 1.54) is 35.9 Å². The van der Waals surface area contributed by atoms with Gasteiger partial charge in [-0.05, 0) is 49.4 Å². The van der Waals surface area contributed by atoms with Crippen molar-refractivity contribution in [2.75, 3.05) is 10.6 Å². The van der Waals surface area contributed by atoms with E-state index in [2.05, 4.69) is 20.8 Å². The molecular weight excluding hydrogens is 388 g/mol. The Kier molecular flexibility index (Phi) is 5.64. The van der Waals surface area contributed by atoms with Crippen LogP contribution in [0.5, 0.6) is 0 Å². The minimum absolute atomic E-state index is 0.0585. The minimum atomic E-state index is -0.400. The maximum Gasteiger partial charge on any atom is 0.242 e. The molecule has 0 aliphatic heterocycles. The van der Waals surface area contributed by atoms with Gasteiger partial charge in [0.05, 0.1) is 0 Å². The highest BCUT2D eigenvalue weighted by atomic mass is 32.2. The predicted molar refractivity (Wildman–Crippen MR) is 116 cm³/mol. The van der Waals surface area contributed by atoms with E-state index in [0.29, 0.717) is 6.04 Å². The monoisotopic (exact) mass is 410 g/mol. The number of hydrogen-bond acceptors (Lipinski definition) is 6. The Morgan fingerprint density at radius 3 is 2.68 bits per heavy atom. The summed E-state index contributed by atoms with van der Waals surface area (Å²) in [5, 5.41) is 15.4. The third-order valence-corrected chi connectivity index (χ3v) is 6.71. The normalized spacial score (nSPS) is 14.5. The zero-order valence-corrected chi connectivity index (χ0v) is 17.4. The van der Waals surface area contributed by atoms with Crippen molar-refractivity contribution < 1.29 is 4.79 Å². The van der Waals surface area contributed by atoms with Crippen LogP contribution in [0.15, 0.2) is 52.9 Å². The average molecular weight is 411 g/mol.